The fourth-order valence-corrected chi connectivity index (χ4v) is 4.45. The molecule has 1 aliphatic rings. The summed E-state index contributed by atoms with van der Waals surface area (Å²) < 4.78 is 68.6. The first-order chi connectivity index (χ1) is 14.7. The van der Waals surface area contributed by atoms with E-state index in [4.69, 9.17) is 0 Å². The van der Waals surface area contributed by atoms with E-state index in [1.165, 1.54) is 17.0 Å². The van der Waals surface area contributed by atoms with E-state index >= 15 is 0 Å². The molecule has 0 aromatic heterocycles. The number of carbonyl (C=O) groups is 1. The number of hydrogen-bond donors (Lipinski definition) is 2. The van der Waals surface area contributed by atoms with Crippen LogP contribution in [0, 0.1) is 17.5 Å². The van der Waals surface area contributed by atoms with Gasteiger partial charge >= 0.3 is 6.03 Å². The largest absolute Gasteiger partial charge is 0.324 e. The lowest BCUT2D eigenvalue weighted by atomic mass is 10.0. The number of halogens is 3. The first-order valence-corrected chi connectivity index (χ1v) is 11.6. The molecule has 0 unspecified atom stereocenters. The van der Waals surface area contributed by atoms with Gasteiger partial charge in [-0.3, -0.25) is 0 Å². The van der Waals surface area contributed by atoms with E-state index in [1.54, 1.807) is 6.92 Å². The summed E-state index contributed by atoms with van der Waals surface area (Å²) in [5.41, 5.74) is -0.391. The summed E-state index contributed by atoms with van der Waals surface area (Å²) in [7, 11) is -3.35. The van der Waals surface area contributed by atoms with Crippen molar-refractivity contribution in [2.45, 2.75) is 32.2 Å². The summed E-state index contributed by atoms with van der Waals surface area (Å²) in [4.78, 5) is 14.3. The van der Waals surface area contributed by atoms with Crippen LogP contribution in [0.4, 0.5) is 23.7 Å². The van der Waals surface area contributed by atoms with Crippen LogP contribution < -0.4 is 10.0 Å². The topological polar surface area (TPSA) is 78.5 Å². The number of likely N-dealkylation sites (tertiary alicyclic amines) is 1. The van der Waals surface area contributed by atoms with E-state index in [0.29, 0.717) is 25.8 Å². The number of sulfonamides is 1. The van der Waals surface area contributed by atoms with Gasteiger partial charge in [0.25, 0.3) is 0 Å². The van der Waals surface area contributed by atoms with Crippen LogP contribution in [0.2, 0.25) is 0 Å². The van der Waals surface area contributed by atoms with E-state index in [-0.39, 0.29) is 35.2 Å². The Kier molecular flexibility index (Phi) is 7.22. The van der Waals surface area contributed by atoms with Crippen LogP contribution in [-0.4, -0.2) is 44.2 Å². The number of nitrogens with one attached hydrogen (secondary N) is 2. The maximum Gasteiger partial charge on any atom is 0.321 e. The van der Waals surface area contributed by atoms with Gasteiger partial charge in [0.05, 0.1) is 17.0 Å². The van der Waals surface area contributed by atoms with Gasteiger partial charge in [-0.1, -0.05) is 6.07 Å². The quantitative estimate of drug-likeness (QED) is 0.713. The summed E-state index contributed by atoms with van der Waals surface area (Å²) >= 11 is 0. The first kappa shape index (κ1) is 23.1. The molecule has 168 valence electrons. The zero-order valence-corrected chi connectivity index (χ0v) is 17.8. The van der Waals surface area contributed by atoms with Gasteiger partial charge in [0, 0.05) is 24.7 Å². The molecule has 1 saturated heterocycles. The average Bonchev–Trinajstić information content (AvgIpc) is 2.94. The molecule has 0 radical (unpaired) electrons. The van der Waals surface area contributed by atoms with Crippen LogP contribution >= 0.6 is 0 Å². The van der Waals surface area contributed by atoms with Crippen molar-refractivity contribution < 1.29 is 26.4 Å². The van der Waals surface area contributed by atoms with E-state index in [9.17, 15) is 26.4 Å². The Morgan fingerprint density at radius 3 is 2.48 bits per heavy atom. The fraction of sp³-hybridized carbons (Fsp3) is 0.381. The molecular formula is C21H24F3N3O3S. The summed E-state index contributed by atoms with van der Waals surface area (Å²) in [6.45, 7) is 2.20. The second-order valence-corrected chi connectivity index (χ2v) is 9.40. The molecule has 0 aliphatic carbocycles. The van der Waals surface area contributed by atoms with Crippen molar-refractivity contribution in [3.63, 3.8) is 0 Å². The molecule has 0 spiro atoms. The van der Waals surface area contributed by atoms with Gasteiger partial charge in [0.1, 0.15) is 17.5 Å². The van der Waals surface area contributed by atoms with Crippen LogP contribution in [0.15, 0.2) is 36.4 Å². The monoisotopic (exact) mass is 455 g/mol. The van der Waals surface area contributed by atoms with Crippen molar-refractivity contribution >= 4 is 21.7 Å². The standard InChI is InChI=1S/C21H24F3N3O3S/c1-2-31(29,30)26-15-5-4-11-27(12-10-15)21(28)25-19-13-14(22)8-9-16(19)20-17(23)6-3-7-18(20)24/h3,6-9,13,15,26H,2,4-5,10-12H2,1H3,(H,25,28)/t15-/m0/s1. The zero-order valence-electron chi connectivity index (χ0n) is 17.0. The van der Waals surface area contributed by atoms with Crippen molar-refractivity contribution in [3.05, 3.63) is 53.8 Å². The SMILES string of the molecule is CCS(=O)(=O)N[C@H]1CCCN(C(=O)Nc2cc(F)ccc2-c2c(F)cccc2F)CC1. The number of anilines is 1. The molecule has 2 N–H and O–H groups in total. The van der Waals surface area contributed by atoms with Crippen molar-refractivity contribution in [1.29, 1.82) is 0 Å². The minimum Gasteiger partial charge on any atom is -0.324 e. The third-order valence-electron chi connectivity index (χ3n) is 5.20. The molecular weight excluding hydrogens is 431 g/mol. The van der Waals surface area contributed by atoms with Crippen LogP contribution in [0.3, 0.4) is 0 Å². The fourth-order valence-electron chi connectivity index (χ4n) is 3.54. The summed E-state index contributed by atoms with van der Waals surface area (Å²) in [6, 6.07) is 5.84. The van der Waals surface area contributed by atoms with E-state index < -0.39 is 33.5 Å². The third-order valence-corrected chi connectivity index (χ3v) is 6.65. The highest BCUT2D eigenvalue weighted by atomic mass is 32.2. The molecule has 3 rings (SSSR count). The summed E-state index contributed by atoms with van der Waals surface area (Å²) in [5, 5.41) is 2.55. The van der Waals surface area contributed by atoms with Crippen molar-refractivity contribution in [2.24, 2.45) is 0 Å². The molecule has 2 amide bonds. The Morgan fingerprint density at radius 1 is 1.10 bits per heavy atom. The Hall–Kier alpha value is -2.59. The van der Waals surface area contributed by atoms with Gasteiger partial charge in [-0.15, -0.1) is 0 Å². The molecule has 2 aromatic rings. The van der Waals surface area contributed by atoms with Gasteiger partial charge in [-0.05, 0) is 56.5 Å². The highest BCUT2D eigenvalue weighted by molar-refractivity contribution is 7.89. The summed E-state index contributed by atoms with van der Waals surface area (Å²) in [6.07, 6.45) is 1.57. The average molecular weight is 456 g/mol. The number of benzene rings is 2. The van der Waals surface area contributed by atoms with Gasteiger partial charge in [0.15, 0.2) is 0 Å². The van der Waals surface area contributed by atoms with Crippen molar-refractivity contribution in [3.8, 4) is 11.1 Å². The second-order valence-electron chi connectivity index (χ2n) is 7.35. The van der Waals surface area contributed by atoms with E-state index in [0.717, 1.165) is 24.3 Å². The molecule has 1 atom stereocenters. The number of urea groups is 1. The number of amides is 2. The van der Waals surface area contributed by atoms with Gasteiger partial charge in [-0.2, -0.15) is 0 Å². The van der Waals surface area contributed by atoms with E-state index in [2.05, 4.69) is 10.0 Å². The highest BCUT2D eigenvalue weighted by Gasteiger charge is 2.24. The molecule has 2 aromatic carbocycles. The smallest absolute Gasteiger partial charge is 0.321 e. The van der Waals surface area contributed by atoms with E-state index in [1.807, 2.05) is 0 Å². The predicted octanol–water partition coefficient (Wildman–Crippen LogP) is 4.10. The molecule has 1 aliphatic heterocycles. The lowest BCUT2D eigenvalue weighted by Crippen LogP contribution is -2.38. The predicted molar refractivity (Wildman–Crippen MR) is 113 cm³/mol. The molecule has 1 fully saturated rings. The van der Waals surface area contributed by atoms with Gasteiger partial charge in [0.2, 0.25) is 10.0 Å². The molecule has 10 heteroatoms. The highest BCUT2D eigenvalue weighted by Crippen LogP contribution is 2.33. The number of rotatable bonds is 5. The zero-order chi connectivity index (χ0) is 22.6. The Balaban J connectivity index is 1.77. The van der Waals surface area contributed by atoms with Crippen molar-refractivity contribution in [2.75, 3.05) is 24.2 Å². The molecule has 31 heavy (non-hydrogen) atoms. The van der Waals surface area contributed by atoms with Gasteiger partial charge < -0.3 is 10.2 Å². The maximum absolute atomic E-state index is 14.3. The van der Waals surface area contributed by atoms with Gasteiger partial charge in [-0.25, -0.2) is 31.1 Å². The maximum atomic E-state index is 14.3. The summed E-state index contributed by atoms with van der Waals surface area (Å²) in [5.74, 6) is -2.35. The first-order valence-electron chi connectivity index (χ1n) is 10.00. The molecule has 0 bridgehead atoms. The molecule has 0 saturated carbocycles. The Morgan fingerprint density at radius 2 is 1.81 bits per heavy atom. The minimum absolute atomic E-state index is 0.0220. The van der Waals surface area contributed by atoms with Crippen LogP contribution in [0.1, 0.15) is 26.2 Å². The Labute approximate surface area is 179 Å². The minimum atomic E-state index is -3.35. The van der Waals surface area contributed by atoms with Crippen molar-refractivity contribution in [1.82, 2.24) is 9.62 Å². The third kappa shape index (κ3) is 5.76. The van der Waals surface area contributed by atoms with Crippen LogP contribution in [-0.2, 0) is 10.0 Å². The lowest BCUT2D eigenvalue weighted by molar-refractivity contribution is 0.213. The van der Waals surface area contributed by atoms with Crippen LogP contribution in [0.25, 0.3) is 11.1 Å². The second kappa shape index (κ2) is 9.69. The number of nitrogens with zero attached hydrogens (tertiary/aromatic N) is 1. The Bertz CT molecular complexity index is 1040. The van der Waals surface area contributed by atoms with Crippen LogP contribution in [0.5, 0.6) is 0 Å². The number of hydrogen-bond acceptors (Lipinski definition) is 3. The normalized spacial score (nSPS) is 17.3. The lowest BCUT2D eigenvalue weighted by Gasteiger charge is -2.22. The molecule has 1 heterocycles. The number of carbonyl (C=O) groups excluding carboxylic acids is 1. The molecule has 6 nitrogen and oxygen atoms in total.